The van der Waals surface area contributed by atoms with Gasteiger partial charge >= 0.3 is 0 Å². The van der Waals surface area contributed by atoms with Crippen molar-refractivity contribution >= 4 is 0 Å². The average molecular weight is 673 g/mol. The summed E-state index contributed by atoms with van der Waals surface area (Å²) in [7, 11) is 0. The van der Waals surface area contributed by atoms with Crippen LogP contribution in [0, 0.1) is 5.41 Å². The van der Waals surface area contributed by atoms with Crippen molar-refractivity contribution in [3.05, 3.63) is 23.3 Å². The Balaban J connectivity index is 2.25. The number of hydrogen-bond donors (Lipinski definition) is 2. The molecular formula is C46H88O2. The van der Waals surface area contributed by atoms with Gasteiger partial charge in [-0.3, -0.25) is 0 Å². The monoisotopic (exact) mass is 673 g/mol. The number of rotatable bonds is 36. The molecule has 2 N–H and O–H groups in total. The third-order valence-electron chi connectivity index (χ3n) is 11.9. The van der Waals surface area contributed by atoms with Crippen LogP contribution < -0.4 is 0 Å². The molecule has 0 saturated heterocycles. The van der Waals surface area contributed by atoms with Crippen LogP contribution in [0.2, 0.25) is 0 Å². The van der Waals surface area contributed by atoms with Crippen LogP contribution in [0.4, 0.5) is 0 Å². The summed E-state index contributed by atoms with van der Waals surface area (Å²) in [6, 6.07) is 0. The highest BCUT2D eigenvalue weighted by atomic mass is 16.5. The van der Waals surface area contributed by atoms with Crippen molar-refractivity contribution in [1.82, 2.24) is 0 Å². The molecule has 1 rings (SSSR count). The van der Waals surface area contributed by atoms with Crippen LogP contribution >= 0.6 is 0 Å². The van der Waals surface area contributed by atoms with Gasteiger partial charge in [-0.25, -0.2) is 0 Å². The molecule has 1 aliphatic rings. The Morgan fingerprint density at radius 3 is 1.00 bits per heavy atom. The van der Waals surface area contributed by atoms with E-state index in [1.807, 2.05) is 13.0 Å². The molecule has 0 spiro atoms. The average Bonchev–Trinajstić information content (AvgIpc) is 3.26. The van der Waals surface area contributed by atoms with Crippen molar-refractivity contribution in [2.24, 2.45) is 5.41 Å². The molecular weight excluding hydrogens is 585 g/mol. The Kier molecular flexibility index (Phi) is 29.5. The molecule has 0 aromatic carbocycles. The summed E-state index contributed by atoms with van der Waals surface area (Å²) in [6.07, 6.45) is 51.6. The van der Waals surface area contributed by atoms with Gasteiger partial charge in [0.1, 0.15) is 0 Å². The van der Waals surface area contributed by atoms with Crippen LogP contribution in [0.15, 0.2) is 23.3 Å². The molecule has 0 fully saturated rings. The lowest BCUT2D eigenvalue weighted by Crippen LogP contribution is -2.46. The SMILES string of the molecule is CC=CCC1=C(C)CC(CCCCCCCCCCCCCCCCCC)(CCCCCCCCCCCCCCCCCC)C1(O)O. The molecule has 0 heterocycles. The summed E-state index contributed by atoms with van der Waals surface area (Å²) in [4.78, 5) is 0. The Morgan fingerprint density at radius 2 is 0.729 bits per heavy atom. The molecule has 0 atom stereocenters. The molecule has 0 bridgehead atoms. The van der Waals surface area contributed by atoms with E-state index < -0.39 is 5.79 Å². The first kappa shape index (κ1) is 45.4. The van der Waals surface area contributed by atoms with E-state index in [0.29, 0.717) is 6.42 Å². The Labute approximate surface area is 302 Å². The molecule has 0 aromatic rings. The summed E-state index contributed by atoms with van der Waals surface area (Å²) >= 11 is 0. The van der Waals surface area contributed by atoms with Crippen molar-refractivity contribution in [1.29, 1.82) is 0 Å². The topological polar surface area (TPSA) is 40.5 Å². The van der Waals surface area contributed by atoms with Gasteiger partial charge in [0.2, 0.25) is 0 Å². The van der Waals surface area contributed by atoms with Crippen LogP contribution in [-0.4, -0.2) is 16.0 Å². The largest absolute Gasteiger partial charge is 0.362 e. The molecule has 0 unspecified atom stereocenters. The van der Waals surface area contributed by atoms with E-state index in [0.717, 1.165) is 37.7 Å². The second-order valence-corrected chi connectivity index (χ2v) is 16.3. The minimum Gasteiger partial charge on any atom is -0.362 e. The highest BCUT2D eigenvalue weighted by Crippen LogP contribution is 2.55. The number of allylic oxidation sites excluding steroid dienone is 3. The van der Waals surface area contributed by atoms with Crippen molar-refractivity contribution in [2.45, 2.75) is 265 Å². The summed E-state index contributed by atoms with van der Waals surface area (Å²) in [5.41, 5.74) is 1.72. The quantitative estimate of drug-likeness (QED) is 0.0395. The van der Waals surface area contributed by atoms with Gasteiger partial charge in [-0.2, -0.15) is 0 Å². The van der Waals surface area contributed by atoms with Crippen molar-refractivity contribution in [2.75, 3.05) is 0 Å². The first-order valence-electron chi connectivity index (χ1n) is 22.2. The van der Waals surface area contributed by atoms with Gasteiger partial charge in [0.25, 0.3) is 0 Å². The zero-order chi connectivity index (χ0) is 35.0. The van der Waals surface area contributed by atoms with Gasteiger partial charge in [-0.05, 0) is 45.1 Å². The van der Waals surface area contributed by atoms with Crippen LogP contribution in [0.3, 0.4) is 0 Å². The molecule has 284 valence electrons. The smallest absolute Gasteiger partial charge is 0.192 e. The van der Waals surface area contributed by atoms with Gasteiger partial charge in [-0.15, -0.1) is 0 Å². The second kappa shape index (κ2) is 31.2. The van der Waals surface area contributed by atoms with Crippen LogP contribution in [-0.2, 0) is 0 Å². The first-order chi connectivity index (χ1) is 23.4. The Bertz CT molecular complexity index is 726. The second-order valence-electron chi connectivity index (χ2n) is 16.3. The van der Waals surface area contributed by atoms with E-state index in [9.17, 15) is 10.2 Å². The van der Waals surface area contributed by atoms with Crippen molar-refractivity contribution < 1.29 is 10.2 Å². The standard InChI is InChI=1S/C46H88O2/c1-5-8-11-13-15-17-19-21-23-25-27-29-31-33-35-37-40-45(42-43(4)44(39-10-7-3)46(45,47)48)41-38-36-34-32-30-28-26-24-22-20-18-16-14-12-9-6-2/h7,10,47-48H,5-6,8-9,11-42H2,1-4H3. The molecule has 0 aliphatic heterocycles. The maximum absolute atomic E-state index is 11.7. The van der Waals surface area contributed by atoms with E-state index >= 15 is 0 Å². The predicted octanol–water partition coefficient (Wildman–Crippen LogP) is 15.6. The molecule has 1 aliphatic carbocycles. The van der Waals surface area contributed by atoms with Crippen molar-refractivity contribution in [3.63, 3.8) is 0 Å². The van der Waals surface area contributed by atoms with Gasteiger partial charge in [-0.1, -0.05) is 237 Å². The minimum atomic E-state index is -1.65. The summed E-state index contributed by atoms with van der Waals surface area (Å²) in [5.74, 6) is -1.65. The van der Waals surface area contributed by atoms with Gasteiger partial charge < -0.3 is 10.2 Å². The fraction of sp³-hybridized carbons (Fsp3) is 0.913. The highest BCUT2D eigenvalue weighted by molar-refractivity contribution is 5.33. The number of hydrogen-bond acceptors (Lipinski definition) is 2. The van der Waals surface area contributed by atoms with E-state index in [2.05, 4.69) is 26.8 Å². The number of unbranched alkanes of at least 4 members (excludes halogenated alkanes) is 30. The first-order valence-corrected chi connectivity index (χ1v) is 22.2. The third-order valence-corrected chi connectivity index (χ3v) is 11.9. The van der Waals surface area contributed by atoms with Crippen molar-refractivity contribution in [3.8, 4) is 0 Å². The molecule has 2 heteroatoms. The van der Waals surface area contributed by atoms with Gasteiger partial charge in [0, 0.05) is 5.41 Å². The van der Waals surface area contributed by atoms with E-state index in [1.54, 1.807) is 0 Å². The molecule has 0 aromatic heterocycles. The van der Waals surface area contributed by atoms with Crippen LogP contribution in [0.1, 0.15) is 259 Å². The lowest BCUT2D eigenvalue weighted by atomic mass is 9.70. The normalized spacial score (nSPS) is 15.8. The minimum absolute atomic E-state index is 0.389. The van der Waals surface area contributed by atoms with E-state index in [4.69, 9.17) is 0 Å². The van der Waals surface area contributed by atoms with Gasteiger partial charge in [0.15, 0.2) is 5.79 Å². The number of aliphatic hydroxyl groups is 2. The maximum atomic E-state index is 11.7. The highest BCUT2D eigenvalue weighted by Gasteiger charge is 2.55. The van der Waals surface area contributed by atoms with Crippen LogP contribution in [0.5, 0.6) is 0 Å². The van der Waals surface area contributed by atoms with E-state index in [-0.39, 0.29) is 5.41 Å². The lowest BCUT2D eigenvalue weighted by Gasteiger charge is -2.41. The molecule has 0 radical (unpaired) electrons. The molecule has 48 heavy (non-hydrogen) atoms. The zero-order valence-corrected chi connectivity index (χ0v) is 33.5. The Hall–Kier alpha value is -0.600. The summed E-state index contributed by atoms with van der Waals surface area (Å²) < 4.78 is 0. The predicted molar refractivity (Wildman–Crippen MR) is 215 cm³/mol. The fourth-order valence-electron chi connectivity index (χ4n) is 8.58. The van der Waals surface area contributed by atoms with Crippen LogP contribution in [0.25, 0.3) is 0 Å². The maximum Gasteiger partial charge on any atom is 0.192 e. The zero-order valence-electron chi connectivity index (χ0n) is 33.5. The third kappa shape index (κ3) is 20.9. The lowest BCUT2D eigenvalue weighted by molar-refractivity contribution is -0.212. The summed E-state index contributed by atoms with van der Waals surface area (Å²) in [5, 5.41) is 23.4. The molecule has 0 amide bonds. The summed E-state index contributed by atoms with van der Waals surface area (Å²) in [6.45, 7) is 8.78. The van der Waals surface area contributed by atoms with E-state index in [1.165, 1.54) is 198 Å². The Morgan fingerprint density at radius 1 is 0.458 bits per heavy atom. The van der Waals surface area contributed by atoms with Gasteiger partial charge in [0.05, 0.1) is 0 Å². The molecule has 0 saturated carbocycles. The fourth-order valence-corrected chi connectivity index (χ4v) is 8.58. The molecule has 2 nitrogen and oxygen atoms in total.